The molecule has 0 N–H and O–H groups in total. The van der Waals surface area contributed by atoms with Crippen LogP contribution in [0.4, 0.5) is 0 Å². The van der Waals surface area contributed by atoms with Crippen LogP contribution in [0.15, 0.2) is 23.1 Å². The van der Waals surface area contributed by atoms with Gasteiger partial charge in [-0.3, -0.25) is 0 Å². The minimum atomic E-state index is -0.222. The molecule has 3 heteroatoms. The van der Waals surface area contributed by atoms with Gasteiger partial charge in [0.05, 0.1) is 11.7 Å². The smallest absolute Gasteiger partial charge is 0.339 e. The quantitative estimate of drug-likeness (QED) is 0.587. The van der Waals surface area contributed by atoms with Gasteiger partial charge in [-0.05, 0) is 38.8 Å². The standard InChI is InChI=1S/C15H22O2S/c1-10(2)9-18-14-7-6-12(5)8-13(14)15(16)17-11(3)4/h6-8,10-11H,9H2,1-5H3. The van der Waals surface area contributed by atoms with Crippen molar-refractivity contribution in [2.45, 2.75) is 45.6 Å². The number of hydrogen-bond acceptors (Lipinski definition) is 3. The molecule has 0 aliphatic carbocycles. The molecule has 18 heavy (non-hydrogen) atoms. The molecule has 0 fully saturated rings. The summed E-state index contributed by atoms with van der Waals surface area (Å²) in [6, 6.07) is 5.96. The second-order valence-corrected chi connectivity index (χ2v) is 6.22. The molecule has 0 aliphatic heterocycles. The van der Waals surface area contributed by atoms with E-state index in [1.165, 1.54) is 0 Å². The first kappa shape index (κ1) is 15.1. The second-order valence-electron chi connectivity index (χ2n) is 5.16. The summed E-state index contributed by atoms with van der Waals surface area (Å²) >= 11 is 1.72. The Hall–Kier alpha value is -0.960. The molecule has 0 unspecified atom stereocenters. The Kier molecular flexibility index (Phi) is 5.73. The van der Waals surface area contributed by atoms with E-state index >= 15 is 0 Å². The molecule has 0 heterocycles. The van der Waals surface area contributed by atoms with Crippen molar-refractivity contribution in [1.29, 1.82) is 0 Å². The Balaban J connectivity index is 2.92. The van der Waals surface area contributed by atoms with Crippen LogP contribution in [0.2, 0.25) is 0 Å². The van der Waals surface area contributed by atoms with Crippen LogP contribution in [-0.4, -0.2) is 17.8 Å². The highest BCUT2D eigenvalue weighted by Crippen LogP contribution is 2.26. The number of carbonyl (C=O) groups excluding carboxylic acids is 1. The Morgan fingerprint density at radius 2 is 1.94 bits per heavy atom. The molecule has 0 bridgehead atoms. The number of ether oxygens (including phenoxy) is 1. The minimum Gasteiger partial charge on any atom is -0.459 e. The molecule has 0 spiro atoms. The summed E-state index contributed by atoms with van der Waals surface area (Å²) in [6.07, 6.45) is -0.0824. The van der Waals surface area contributed by atoms with Crippen LogP contribution >= 0.6 is 11.8 Å². The third kappa shape index (κ3) is 4.73. The van der Waals surface area contributed by atoms with Crippen molar-refractivity contribution < 1.29 is 9.53 Å². The topological polar surface area (TPSA) is 26.3 Å². The van der Waals surface area contributed by atoms with Gasteiger partial charge in [0.1, 0.15) is 0 Å². The fraction of sp³-hybridized carbons (Fsp3) is 0.533. The summed E-state index contributed by atoms with van der Waals surface area (Å²) < 4.78 is 5.29. The lowest BCUT2D eigenvalue weighted by atomic mass is 10.1. The van der Waals surface area contributed by atoms with E-state index in [1.54, 1.807) is 11.8 Å². The number of benzene rings is 1. The molecule has 0 aromatic heterocycles. The van der Waals surface area contributed by atoms with E-state index in [-0.39, 0.29) is 12.1 Å². The SMILES string of the molecule is Cc1ccc(SCC(C)C)c(C(=O)OC(C)C)c1. The van der Waals surface area contributed by atoms with E-state index < -0.39 is 0 Å². The number of thioether (sulfide) groups is 1. The zero-order valence-corrected chi connectivity index (χ0v) is 12.6. The van der Waals surface area contributed by atoms with Crippen molar-refractivity contribution in [3.63, 3.8) is 0 Å². The van der Waals surface area contributed by atoms with Gasteiger partial charge in [-0.2, -0.15) is 0 Å². The number of esters is 1. The van der Waals surface area contributed by atoms with Crippen LogP contribution in [0.5, 0.6) is 0 Å². The molecule has 0 saturated heterocycles. The lowest BCUT2D eigenvalue weighted by Gasteiger charge is -2.13. The molecule has 0 aliphatic rings. The third-order valence-electron chi connectivity index (χ3n) is 2.27. The van der Waals surface area contributed by atoms with Gasteiger partial charge < -0.3 is 4.74 Å². The van der Waals surface area contributed by atoms with Gasteiger partial charge in [0.25, 0.3) is 0 Å². The number of hydrogen-bond donors (Lipinski definition) is 0. The van der Waals surface area contributed by atoms with Gasteiger partial charge in [-0.25, -0.2) is 4.79 Å². The second kappa shape index (κ2) is 6.83. The Bertz CT molecular complexity index is 411. The largest absolute Gasteiger partial charge is 0.459 e. The number of carbonyl (C=O) groups is 1. The minimum absolute atomic E-state index is 0.0824. The predicted octanol–water partition coefficient (Wildman–Crippen LogP) is 4.31. The zero-order chi connectivity index (χ0) is 13.7. The van der Waals surface area contributed by atoms with Crippen molar-refractivity contribution in [3.8, 4) is 0 Å². The van der Waals surface area contributed by atoms with Crippen molar-refractivity contribution in [1.82, 2.24) is 0 Å². The first-order chi connectivity index (χ1) is 8.40. The van der Waals surface area contributed by atoms with Gasteiger partial charge in [-0.15, -0.1) is 11.8 Å². The molecule has 0 amide bonds. The lowest BCUT2D eigenvalue weighted by Crippen LogP contribution is -2.13. The molecule has 2 nitrogen and oxygen atoms in total. The average molecular weight is 266 g/mol. The van der Waals surface area contributed by atoms with Crippen LogP contribution in [0.3, 0.4) is 0 Å². The summed E-state index contributed by atoms with van der Waals surface area (Å²) in [7, 11) is 0. The fourth-order valence-corrected chi connectivity index (χ4v) is 2.44. The van der Waals surface area contributed by atoms with Crippen LogP contribution in [0.25, 0.3) is 0 Å². The van der Waals surface area contributed by atoms with Crippen molar-refractivity contribution in [3.05, 3.63) is 29.3 Å². The first-order valence-corrected chi connectivity index (χ1v) is 7.33. The molecule has 0 saturated carbocycles. The summed E-state index contributed by atoms with van der Waals surface area (Å²) in [5, 5.41) is 0. The van der Waals surface area contributed by atoms with Gasteiger partial charge in [0, 0.05) is 10.6 Å². The maximum Gasteiger partial charge on any atom is 0.339 e. The number of rotatable bonds is 5. The van der Waals surface area contributed by atoms with Crippen LogP contribution in [-0.2, 0) is 4.74 Å². The van der Waals surface area contributed by atoms with E-state index in [1.807, 2.05) is 39.0 Å². The average Bonchev–Trinajstić information content (AvgIpc) is 2.26. The Morgan fingerprint density at radius 1 is 1.28 bits per heavy atom. The molecule has 100 valence electrons. The maximum absolute atomic E-state index is 12.0. The monoisotopic (exact) mass is 266 g/mol. The van der Waals surface area contributed by atoms with E-state index in [4.69, 9.17) is 4.74 Å². The van der Waals surface area contributed by atoms with Crippen molar-refractivity contribution >= 4 is 17.7 Å². The Morgan fingerprint density at radius 3 is 2.50 bits per heavy atom. The van der Waals surface area contributed by atoms with Crippen LogP contribution in [0.1, 0.15) is 43.6 Å². The van der Waals surface area contributed by atoms with Crippen molar-refractivity contribution in [2.75, 3.05) is 5.75 Å². The molecular formula is C15H22O2S. The highest BCUT2D eigenvalue weighted by atomic mass is 32.2. The predicted molar refractivity (Wildman–Crippen MR) is 77.3 cm³/mol. The van der Waals surface area contributed by atoms with Crippen LogP contribution in [0, 0.1) is 12.8 Å². The van der Waals surface area contributed by atoms with E-state index in [9.17, 15) is 4.79 Å². The van der Waals surface area contributed by atoms with Crippen LogP contribution < -0.4 is 0 Å². The first-order valence-electron chi connectivity index (χ1n) is 6.34. The normalized spacial score (nSPS) is 11.1. The fourth-order valence-electron chi connectivity index (χ4n) is 1.46. The van der Waals surface area contributed by atoms with Crippen molar-refractivity contribution in [2.24, 2.45) is 5.92 Å². The van der Waals surface area contributed by atoms with Gasteiger partial charge in [-0.1, -0.05) is 25.5 Å². The molecule has 1 aromatic rings. The molecule has 1 aromatic carbocycles. The summed E-state index contributed by atoms with van der Waals surface area (Å²) in [5.74, 6) is 1.38. The van der Waals surface area contributed by atoms with E-state index in [0.717, 1.165) is 16.2 Å². The molecule has 0 radical (unpaired) electrons. The molecule has 1 rings (SSSR count). The highest BCUT2D eigenvalue weighted by molar-refractivity contribution is 7.99. The molecular weight excluding hydrogens is 244 g/mol. The van der Waals surface area contributed by atoms with Gasteiger partial charge >= 0.3 is 5.97 Å². The lowest BCUT2D eigenvalue weighted by molar-refractivity contribution is 0.0373. The molecule has 0 atom stereocenters. The summed E-state index contributed by atoms with van der Waals surface area (Å²) in [6.45, 7) is 10.1. The number of aryl methyl sites for hydroxylation is 1. The van der Waals surface area contributed by atoms with E-state index in [0.29, 0.717) is 11.5 Å². The van der Waals surface area contributed by atoms with Gasteiger partial charge in [0.15, 0.2) is 0 Å². The van der Waals surface area contributed by atoms with E-state index in [2.05, 4.69) is 13.8 Å². The Labute approximate surface area is 114 Å². The highest BCUT2D eigenvalue weighted by Gasteiger charge is 2.15. The maximum atomic E-state index is 12.0. The van der Waals surface area contributed by atoms with Gasteiger partial charge in [0.2, 0.25) is 0 Å². The summed E-state index contributed by atoms with van der Waals surface area (Å²) in [5.41, 5.74) is 1.77. The summed E-state index contributed by atoms with van der Waals surface area (Å²) in [4.78, 5) is 13.1. The zero-order valence-electron chi connectivity index (χ0n) is 11.8. The third-order valence-corrected chi connectivity index (χ3v) is 3.77.